The van der Waals surface area contributed by atoms with E-state index in [1.165, 1.54) is 19.1 Å². The SMILES string of the molecule is CC(=O)Oc1ccc(-n2nc(CCC(=O)NCc3ccccc3Cl)cc2-c2cccc(F)c2)cc1. The Morgan fingerprint density at radius 1 is 1.03 bits per heavy atom. The number of halogens is 2. The molecule has 35 heavy (non-hydrogen) atoms. The minimum absolute atomic E-state index is 0.127. The van der Waals surface area contributed by atoms with E-state index in [2.05, 4.69) is 10.4 Å². The van der Waals surface area contributed by atoms with Crippen LogP contribution >= 0.6 is 11.6 Å². The summed E-state index contributed by atoms with van der Waals surface area (Å²) >= 11 is 6.15. The van der Waals surface area contributed by atoms with E-state index in [0.29, 0.717) is 46.4 Å². The maximum Gasteiger partial charge on any atom is 0.308 e. The number of carbonyl (C=O) groups excluding carboxylic acids is 2. The molecule has 4 rings (SSSR count). The number of hydrogen-bond acceptors (Lipinski definition) is 4. The van der Waals surface area contributed by atoms with Crippen molar-refractivity contribution < 1.29 is 18.7 Å². The van der Waals surface area contributed by atoms with Gasteiger partial charge in [0.15, 0.2) is 0 Å². The summed E-state index contributed by atoms with van der Waals surface area (Å²) in [5, 5.41) is 8.14. The summed E-state index contributed by atoms with van der Waals surface area (Å²) in [5.41, 5.74) is 3.56. The number of nitrogens with zero attached hydrogens (tertiary/aromatic N) is 2. The lowest BCUT2D eigenvalue weighted by Crippen LogP contribution is -2.23. The second kappa shape index (κ2) is 11.0. The summed E-state index contributed by atoms with van der Waals surface area (Å²) in [6.45, 7) is 1.68. The van der Waals surface area contributed by atoms with Crippen LogP contribution in [0.2, 0.25) is 5.02 Å². The lowest BCUT2D eigenvalue weighted by molar-refractivity contribution is -0.131. The average molecular weight is 492 g/mol. The zero-order valence-corrected chi connectivity index (χ0v) is 19.8. The van der Waals surface area contributed by atoms with Crippen LogP contribution in [0.3, 0.4) is 0 Å². The Kier molecular flexibility index (Phi) is 7.57. The van der Waals surface area contributed by atoms with Crippen LogP contribution in [0.25, 0.3) is 16.9 Å². The van der Waals surface area contributed by atoms with E-state index in [0.717, 1.165) is 5.56 Å². The predicted octanol–water partition coefficient (Wildman–Crippen LogP) is 5.51. The number of ether oxygens (including phenoxy) is 1. The van der Waals surface area contributed by atoms with Crippen LogP contribution in [0.1, 0.15) is 24.6 Å². The lowest BCUT2D eigenvalue weighted by Gasteiger charge is -2.09. The summed E-state index contributed by atoms with van der Waals surface area (Å²) in [7, 11) is 0. The molecule has 0 saturated carbocycles. The van der Waals surface area contributed by atoms with Crippen molar-refractivity contribution in [3.8, 4) is 22.7 Å². The van der Waals surface area contributed by atoms with Crippen LogP contribution in [-0.4, -0.2) is 21.7 Å². The molecular formula is C27H23ClFN3O3. The Morgan fingerprint density at radius 3 is 2.51 bits per heavy atom. The molecule has 1 aromatic heterocycles. The van der Waals surface area contributed by atoms with Crippen LogP contribution in [0, 0.1) is 5.82 Å². The third-order valence-electron chi connectivity index (χ3n) is 5.27. The zero-order valence-electron chi connectivity index (χ0n) is 19.0. The van der Waals surface area contributed by atoms with Crippen LogP contribution < -0.4 is 10.1 Å². The predicted molar refractivity (Wildman–Crippen MR) is 132 cm³/mol. The van der Waals surface area contributed by atoms with Gasteiger partial charge in [-0.05, 0) is 54.1 Å². The standard InChI is InChI=1S/C27H23ClFN3O3/c1-18(33)35-24-12-10-23(11-13-24)32-26(19-6-4-7-21(29)15-19)16-22(31-32)9-14-27(34)30-17-20-5-2-3-8-25(20)28/h2-8,10-13,15-16H,9,14,17H2,1H3,(H,30,34). The maximum absolute atomic E-state index is 13.9. The molecule has 0 radical (unpaired) electrons. The van der Waals surface area contributed by atoms with E-state index in [4.69, 9.17) is 16.3 Å². The number of carbonyl (C=O) groups is 2. The van der Waals surface area contributed by atoms with Crippen molar-refractivity contribution in [2.45, 2.75) is 26.3 Å². The molecule has 0 atom stereocenters. The number of benzene rings is 3. The quantitative estimate of drug-likeness (QED) is 0.261. The minimum Gasteiger partial charge on any atom is -0.427 e. The minimum atomic E-state index is -0.410. The molecule has 6 nitrogen and oxygen atoms in total. The highest BCUT2D eigenvalue weighted by Gasteiger charge is 2.14. The third-order valence-corrected chi connectivity index (χ3v) is 5.63. The van der Waals surface area contributed by atoms with E-state index in [1.54, 1.807) is 47.1 Å². The van der Waals surface area contributed by atoms with Gasteiger partial charge in [-0.15, -0.1) is 0 Å². The van der Waals surface area contributed by atoms with Crippen LogP contribution in [0.15, 0.2) is 78.9 Å². The zero-order chi connectivity index (χ0) is 24.8. The monoisotopic (exact) mass is 491 g/mol. The molecule has 3 aromatic carbocycles. The van der Waals surface area contributed by atoms with Crippen molar-refractivity contribution in [1.82, 2.24) is 15.1 Å². The van der Waals surface area contributed by atoms with Gasteiger partial charge in [0.25, 0.3) is 0 Å². The normalized spacial score (nSPS) is 10.7. The number of aryl methyl sites for hydroxylation is 1. The van der Waals surface area contributed by atoms with Gasteiger partial charge >= 0.3 is 5.97 Å². The Bertz CT molecular complexity index is 1350. The molecule has 8 heteroatoms. The number of amides is 1. The van der Waals surface area contributed by atoms with Gasteiger partial charge in [0.2, 0.25) is 5.91 Å². The third kappa shape index (κ3) is 6.33. The summed E-state index contributed by atoms with van der Waals surface area (Å²) in [6.07, 6.45) is 0.630. The van der Waals surface area contributed by atoms with Gasteiger partial charge in [0.05, 0.1) is 17.1 Å². The second-order valence-corrected chi connectivity index (χ2v) is 8.31. The summed E-state index contributed by atoms with van der Waals surface area (Å²) < 4.78 is 20.7. The van der Waals surface area contributed by atoms with Gasteiger partial charge in [-0.2, -0.15) is 5.10 Å². The van der Waals surface area contributed by atoms with Crippen molar-refractivity contribution >= 4 is 23.5 Å². The molecule has 0 aliphatic heterocycles. The number of nitrogens with one attached hydrogen (secondary N) is 1. The topological polar surface area (TPSA) is 73.2 Å². The maximum atomic E-state index is 13.9. The Labute approximate surface area is 207 Å². The molecule has 1 heterocycles. The van der Waals surface area contributed by atoms with E-state index in [-0.39, 0.29) is 18.1 Å². The fourth-order valence-corrected chi connectivity index (χ4v) is 3.79. The smallest absolute Gasteiger partial charge is 0.308 e. The van der Waals surface area contributed by atoms with E-state index >= 15 is 0 Å². The highest BCUT2D eigenvalue weighted by atomic mass is 35.5. The molecule has 0 aliphatic carbocycles. The first-order valence-electron chi connectivity index (χ1n) is 11.0. The number of rotatable bonds is 8. The summed E-state index contributed by atoms with van der Waals surface area (Å²) in [4.78, 5) is 23.6. The van der Waals surface area contributed by atoms with Gasteiger partial charge in [-0.1, -0.05) is 41.9 Å². The number of hydrogen-bond donors (Lipinski definition) is 1. The summed E-state index contributed by atoms with van der Waals surface area (Å²) in [6, 6.07) is 22.3. The van der Waals surface area contributed by atoms with Crippen molar-refractivity contribution in [1.29, 1.82) is 0 Å². The van der Waals surface area contributed by atoms with E-state index in [9.17, 15) is 14.0 Å². The van der Waals surface area contributed by atoms with Crippen molar-refractivity contribution in [2.24, 2.45) is 0 Å². The first-order chi connectivity index (χ1) is 16.9. The van der Waals surface area contributed by atoms with Gasteiger partial charge in [0.1, 0.15) is 11.6 Å². The van der Waals surface area contributed by atoms with Gasteiger partial charge in [0, 0.05) is 36.9 Å². The molecule has 0 bridgehead atoms. The molecule has 0 aliphatic rings. The number of esters is 1. The highest BCUT2D eigenvalue weighted by Crippen LogP contribution is 2.26. The number of aromatic nitrogens is 2. The van der Waals surface area contributed by atoms with Crippen molar-refractivity contribution in [3.05, 3.63) is 101 Å². The van der Waals surface area contributed by atoms with Crippen LogP contribution in [0.4, 0.5) is 4.39 Å². The van der Waals surface area contributed by atoms with Crippen molar-refractivity contribution in [3.63, 3.8) is 0 Å². The molecular weight excluding hydrogens is 469 g/mol. The Hall–Kier alpha value is -3.97. The summed E-state index contributed by atoms with van der Waals surface area (Å²) in [5.74, 6) is -0.484. The molecule has 4 aromatic rings. The van der Waals surface area contributed by atoms with Gasteiger partial charge in [-0.25, -0.2) is 9.07 Å². The highest BCUT2D eigenvalue weighted by molar-refractivity contribution is 6.31. The van der Waals surface area contributed by atoms with Gasteiger partial charge < -0.3 is 10.1 Å². The van der Waals surface area contributed by atoms with Crippen molar-refractivity contribution in [2.75, 3.05) is 0 Å². The molecule has 0 saturated heterocycles. The second-order valence-electron chi connectivity index (χ2n) is 7.90. The Morgan fingerprint density at radius 2 is 1.80 bits per heavy atom. The molecule has 1 amide bonds. The fraction of sp³-hybridized carbons (Fsp3) is 0.148. The van der Waals surface area contributed by atoms with Gasteiger partial charge in [-0.3, -0.25) is 9.59 Å². The molecule has 1 N–H and O–H groups in total. The lowest BCUT2D eigenvalue weighted by atomic mass is 10.1. The van der Waals surface area contributed by atoms with E-state index < -0.39 is 5.97 Å². The molecule has 0 spiro atoms. The van der Waals surface area contributed by atoms with Crippen LogP contribution in [0.5, 0.6) is 5.75 Å². The first-order valence-corrected chi connectivity index (χ1v) is 11.4. The van der Waals surface area contributed by atoms with Crippen LogP contribution in [-0.2, 0) is 22.6 Å². The largest absolute Gasteiger partial charge is 0.427 e. The fourth-order valence-electron chi connectivity index (χ4n) is 3.59. The first kappa shape index (κ1) is 24.2. The van der Waals surface area contributed by atoms with E-state index in [1.807, 2.05) is 24.3 Å². The average Bonchev–Trinajstić information content (AvgIpc) is 3.27. The molecule has 0 fully saturated rings. The molecule has 178 valence electrons. The Balaban J connectivity index is 1.52. The molecule has 0 unspecified atom stereocenters.